The molecule has 2 amide bonds. The smallest absolute Gasteiger partial charge is 0.243 e. The van der Waals surface area contributed by atoms with Gasteiger partial charge in [0.2, 0.25) is 21.8 Å². The number of hydrogen-bond donors (Lipinski definition) is 0. The average molecular weight is 488 g/mol. The van der Waals surface area contributed by atoms with Crippen LogP contribution in [0, 0.1) is 5.92 Å². The van der Waals surface area contributed by atoms with Crippen molar-refractivity contribution in [3.8, 4) is 0 Å². The Bertz CT molecular complexity index is 1130. The second-order valence-corrected chi connectivity index (χ2v) is 11.6. The van der Waals surface area contributed by atoms with Crippen LogP contribution in [0.5, 0.6) is 0 Å². The van der Waals surface area contributed by atoms with Gasteiger partial charge in [0, 0.05) is 43.2 Å². The number of rotatable bonds is 6. The van der Waals surface area contributed by atoms with E-state index >= 15 is 0 Å². The number of benzene rings is 2. The van der Waals surface area contributed by atoms with E-state index in [0.717, 1.165) is 23.3 Å². The van der Waals surface area contributed by atoms with Gasteiger partial charge in [0.1, 0.15) is 6.54 Å². The van der Waals surface area contributed by atoms with Crippen molar-refractivity contribution in [2.75, 3.05) is 37.3 Å². The summed E-state index contributed by atoms with van der Waals surface area (Å²) in [6.45, 7) is 3.16. The average Bonchev–Trinajstić information content (AvgIpc) is 3.33. The molecule has 0 N–H and O–H groups in total. The Hall–Kier alpha value is -2.36. The lowest BCUT2D eigenvalue weighted by Gasteiger charge is -2.27. The number of hydrogen-bond acceptors (Lipinski definition) is 5. The number of carbonyl (C=O) groups is 2. The summed E-state index contributed by atoms with van der Waals surface area (Å²) in [6, 6.07) is 14.6. The summed E-state index contributed by atoms with van der Waals surface area (Å²) in [4.78, 5) is 30.3. The predicted molar refractivity (Wildman–Crippen MR) is 130 cm³/mol. The first kappa shape index (κ1) is 23.8. The molecule has 2 heterocycles. The number of anilines is 1. The maximum absolute atomic E-state index is 13.2. The molecule has 0 spiro atoms. The Kier molecular flexibility index (Phi) is 7.11. The first-order valence-corrected chi connectivity index (χ1v) is 13.6. The third kappa shape index (κ3) is 5.10. The third-order valence-corrected chi connectivity index (χ3v) is 9.30. The summed E-state index contributed by atoms with van der Waals surface area (Å²) >= 11 is 1.52. The van der Waals surface area contributed by atoms with Gasteiger partial charge >= 0.3 is 0 Å². The van der Waals surface area contributed by atoms with Crippen molar-refractivity contribution in [1.82, 2.24) is 9.21 Å². The van der Waals surface area contributed by atoms with E-state index in [1.54, 1.807) is 30.1 Å². The molecule has 2 aliphatic rings. The van der Waals surface area contributed by atoms with E-state index in [1.165, 1.54) is 21.0 Å². The summed E-state index contributed by atoms with van der Waals surface area (Å²) in [5.74, 6) is -0.0778. The van der Waals surface area contributed by atoms with Crippen LogP contribution in [0.1, 0.15) is 25.3 Å². The lowest BCUT2D eigenvalue weighted by atomic mass is 10.1. The van der Waals surface area contributed by atoms with Crippen molar-refractivity contribution in [3.05, 3.63) is 54.1 Å². The molecule has 0 unspecified atom stereocenters. The maximum atomic E-state index is 13.2. The molecule has 1 fully saturated rings. The Balaban J connectivity index is 1.63. The normalized spacial score (nSPS) is 19.3. The van der Waals surface area contributed by atoms with Crippen LogP contribution in [0.2, 0.25) is 0 Å². The molecule has 7 nitrogen and oxygen atoms in total. The van der Waals surface area contributed by atoms with E-state index in [9.17, 15) is 18.0 Å². The molecule has 0 bridgehead atoms. The van der Waals surface area contributed by atoms with Gasteiger partial charge in [0.25, 0.3) is 0 Å². The highest BCUT2D eigenvalue weighted by molar-refractivity contribution is 7.99. The van der Waals surface area contributed by atoms with Crippen LogP contribution in [-0.4, -0.2) is 61.9 Å². The predicted octanol–water partition coefficient (Wildman–Crippen LogP) is 3.20. The van der Waals surface area contributed by atoms with Crippen LogP contribution in [0.3, 0.4) is 0 Å². The Morgan fingerprint density at radius 3 is 2.52 bits per heavy atom. The number of likely N-dealkylation sites (N-methyl/N-ethyl adjacent to an activating group) is 1. The number of sulfonamides is 1. The second-order valence-electron chi connectivity index (χ2n) is 8.61. The number of fused-ring (bicyclic) bond motifs is 1. The van der Waals surface area contributed by atoms with Crippen LogP contribution in [0.4, 0.5) is 5.69 Å². The van der Waals surface area contributed by atoms with Crippen molar-refractivity contribution in [1.29, 1.82) is 0 Å². The summed E-state index contributed by atoms with van der Waals surface area (Å²) in [6.07, 6.45) is 1.70. The molecule has 0 aromatic heterocycles. The highest BCUT2D eigenvalue weighted by Gasteiger charge is 2.33. The molecular formula is C24H29N3O4S2. The van der Waals surface area contributed by atoms with Crippen molar-refractivity contribution < 1.29 is 18.0 Å². The molecule has 0 radical (unpaired) electrons. The molecule has 2 aromatic rings. The number of thioether (sulfide) groups is 1. The summed E-state index contributed by atoms with van der Waals surface area (Å²) in [5.41, 5.74) is 1.50. The van der Waals surface area contributed by atoms with Crippen LogP contribution < -0.4 is 4.90 Å². The molecule has 2 aromatic carbocycles. The highest BCUT2D eigenvalue weighted by atomic mass is 32.2. The standard InChI is InChI=1S/C24H29N3O4S2/c1-18-17-32-22-11-10-20(33(30,31)26-12-6-7-13-26)14-21(22)27(24(18)29)16-23(28)25(2)15-19-8-4-3-5-9-19/h3-5,8-11,14,18H,6-7,12-13,15-17H2,1-2H3/t18-/m0/s1. The molecule has 4 rings (SSSR count). The van der Waals surface area contributed by atoms with Gasteiger partial charge in [-0.1, -0.05) is 37.3 Å². The largest absolute Gasteiger partial charge is 0.340 e. The van der Waals surface area contributed by atoms with E-state index in [-0.39, 0.29) is 29.2 Å². The van der Waals surface area contributed by atoms with E-state index < -0.39 is 10.0 Å². The van der Waals surface area contributed by atoms with Gasteiger partial charge in [0.15, 0.2) is 0 Å². The minimum Gasteiger partial charge on any atom is -0.340 e. The monoisotopic (exact) mass is 487 g/mol. The number of carbonyl (C=O) groups excluding carboxylic acids is 2. The van der Waals surface area contributed by atoms with E-state index in [4.69, 9.17) is 0 Å². The molecule has 176 valence electrons. The Morgan fingerprint density at radius 2 is 1.82 bits per heavy atom. The van der Waals surface area contributed by atoms with Crippen LogP contribution in [-0.2, 0) is 26.2 Å². The molecular weight excluding hydrogens is 458 g/mol. The van der Waals surface area contributed by atoms with Crippen molar-refractivity contribution >= 4 is 39.3 Å². The topological polar surface area (TPSA) is 78.0 Å². The van der Waals surface area contributed by atoms with Crippen LogP contribution >= 0.6 is 11.8 Å². The molecule has 2 aliphatic heterocycles. The minimum absolute atomic E-state index is 0.132. The number of amides is 2. The van der Waals surface area contributed by atoms with Crippen LogP contribution in [0.15, 0.2) is 58.3 Å². The van der Waals surface area contributed by atoms with Gasteiger partial charge in [-0.25, -0.2) is 8.42 Å². The summed E-state index contributed by atoms with van der Waals surface area (Å²) in [7, 11) is -1.92. The van der Waals surface area contributed by atoms with Gasteiger partial charge < -0.3 is 9.80 Å². The number of nitrogens with zero attached hydrogens (tertiary/aromatic N) is 3. The quantitative estimate of drug-likeness (QED) is 0.625. The molecule has 1 atom stereocenters. The summed E-state index contributed by atoms with van der Waals surface area (Å²) < 4.78 is 27.8. The van der Waals surface area contributed by atoms with Gasteiger partial charge in [-0.05, 0) is 36.6 Å². The molecule has 1 saturated heterocycles. The van der Waals surface area contributed by atoms with Crippen molar-refractivity contribution in [2.24, 2.45) is 5.92 Å². The molecule has 9 heteroatoms. The summed E-state index contributed by atoms with van der Waals surface area (Å²) in [5, 5.41) is 0. The zero-order valence-electron chi connectivity index (χ0n) is 18.9. The lowest BCUT2D eigenvalue weighted by molar-refractivity contribution is -0.131. The molecule has 0 saturated carbocycles. The maximum Gasteiger partial charge on any atom is 0.243 e. The van der Waals surface area contributed by atoms with Crippen molar-refractivity contribution in [3.63, 3.8) is 0 Å². The van der Waals surface area contributed by atoms with E-state index in [0.29, 0.717) is 31.1 Å². The second kappa shape index (κ2) is 9.87. The van der Waals surface area contributed by atoms with E-state index in [1.807, 2.05) is 37.3 Å². The first-order valence-electron chi connectivity index (χ1n) is 11.1. The minimum atomic E-state index is -3.63. The zero-order valence-corrected chi connectivity index (χ0v) is 20.6. The lowest BCUT2D eigenvalue weighted by Crippen LogP contribution is -2.43. The van der Waals surface area contributed by atoms with Gasteiger partial charge in [-0.3, -0.25) is 9.59 Å². The SMILES string of the molecule is C[C@H]1CSc2ccc(S(=O)(=O)N3CCCC3)cc2N(CC(=O)N(C)Cc2ccccc2)C1=O. The van der Waals surface area contributed by atoms with Crippen LogP contribution in [0.25, 0.3) is 0 Å². The van der Waals surface area contributed by atoms with Gasteiger partial charge in [0.05, 0.1) is 10.6 Å². The Morgan fingerprint density at radius 1 is 1.12 bits per heavy atom. The Labute approximate surface area is 199 Å². The van der Waals surface area contributed by atoms with E-state index in [2.05, 4.69) is 0 Å². The zero-order chi connectivity index (χ0) is 23.6. The highest BCUT2D eigenvalue weighted by Crippen LogP contribution is 2.38. The first-order chi connectivity index (χ1) is 15.8. The fraction of sp³-hybridized carbons (Fsp3) is 0.417. The fourth-order valence-corrected chi connectivity index (χ4v) is 6.69. The van der Waals surface area contributed by atoms with Gasteiger partial charge in [-0.15, -0.1) is 11.8 Å². The third-order valence-electron chi connectivity index (χ3n) is 6.08. The fourth-order valence-electron chi connectivity index (χ4n) is 4.10. The van der Waals surface area contributed by atoms with Gasteiger partial charge in [-0.2, -0.15) is 4.31 Å². The molecule has 33 heavy (non-hydrogen) atoms. The van der Waals surface area contributed by atoms with Crippen molar-refractivity contribution in [2.45, 2.75) is 36.1 Å². The molecule has 0 aliphatic carbocycles.